The predicted molar refractivity (Wildman–Crippen MR) is 72.4 cm³/mol. The number of rotatable bonds is 2. The number of aromatic amines is 1. The van der Waals surface area contributed by atoms with Gasteiger partial charge in [0, 0.05) is 17.6 Å². The first-order valence-electron chi connectivity index (χ1n) is 5.18. The van der Waals surface area contributed by atoms with Gasteiger partial charge in [-0.2, -0.15) is 0 Å². The van der Waals surface area contributed by atoms with Gasteiger partial charge in [0.2, 0.25) is 0 Å². The van der Waals surface area contributed by atoms with Crippen LogP contribution < -0.4 is 0 Å². The molecule has 1 heterocycles. The molecule has 4 nitrogen and oxygen atoms in total. The molecule has 2 rings (SSSR count). The first kappa shape index (κ1) is 12.9. The molecular formula is C12H11ClN2O2S. The van der Waals surface area contributed by atoms with E-state index in [9.17, 15) is 4.79 Å². The number of nitrogens with one attached hydrogen (secondary N) is 1. The molecule has 0 bridgehead atoms. The average Bonchev–Trinajstić information content (AvgIpc) is 2.66. The lowest BCUT2D eigenvalue weighted by molar-refractivity contribution is 0.0595. The molecule has 6 heteroatoms. The van der Waals surface area contributed by atoms with Crippen LogP contribution in [-0.4, -0.2) is 22.6 Å². The van der Waals surface area contributed by atoms with E-state index >= 15 is 0 Å². The largest absolute Gasteiger partial charge is 0.464 e. The fraction of sp³-hybridized carbons (Fsp3) is 0.167. The van der Waals surface area contributed by atoms with E-state index in [2.05, 4.69) is 4.98 Å². The highest BCUT2D eigenvalue weighted by Crippen LogP contribution is 2.30. The van der Waals surface area contributed by atoms with Gasteiger partial charge in [-0.05, 0) is 18.3 Å². The molecule has 94 valence electrons. The predicted octanol–water partition coefficient (Wildman–Crippen LogP) is 3.19. The Balaban J connectivity index is 2.75. The number of methoxy groups -OCH3 is 1. The Morgan fingerprint density at radius 1 is 1.44 bits per heavy atom. The van der Waals surface area contributed by atoms with Crippen molar-refractivity contribution in [2.75, 3.05) is 7.11 Å². The van der Waals surface area contributed by atoms with Gasteiger partial charge in [0.1, 0.15) is 0 Å². The maximum absolute atomic E-state index is 11.7. The zero-order chi connectivity index (χ0) is 13.3. The minimum absolute atomic E-state index is 0.304. The summed E-state index contributed by atoms with van der Waals surface area (Å²) in [5.74, 6) is -0.475. The van der Waals surface area contributed by atoms with Gasteiger partial charge < -0.3 is 14.3 Å². The van der Waals surface area contributed by atoms with E-state index < -0.39 is 5.97 Å². The molecule has 0 aliphatic carbocycles. The molecule has 0 unspecified atom stereocenters. The van der Waals surface area contributed by atoms with Crippen molar-refractivity contribution in [3.63, 3.8) is 0 Å². The second-order valence-electron chi connectivity index (χ2n) is 3.68. The van der Waals surface area contributed by atoms with Crippen LogP contribution in [0, 0.1) is 4.77 Å². The number of nitrogens with zero attached hydrogens (tertiary/aromatic N) is 1. The molecule has 1 N–H and O–H groups in total. The topological polar surface area (TPSA) is 47.0 Å². The Kier molecular flexibility index (Phi) is 3.54. The lowest BCUT2D eigenvalue weighted by Crippen LogP contribution is -2.05. The Morgan fingerprint density at radius 3 is 2.72 bits per heavy atom. The number of halogens is 1. The van der Waals surface area contributed by atoms with Crippen molar-refractivity contribution in [1.82, 2.24) is 9.55 Å². The number of hydrogen-bond donors (Lipinski definition) is 1. The summed E-state index contributed by atoms with van der Waals surface area (Å²) in [6, 6.07) is 7.25. The number of hydrogen-bond acceptors (Lipinski definition) is 3. The molecule has 18 heavy (non-hydrogen) atoms. The Labute approximate surface area is 114 Å². The van der Waals surface area contributed by atoms with Crippen molar-refractivity contribution >= 4 is 29.8 Å². The minimum atomic E-state index is -0.475. The molecule has 2 aromatic rings. The molecule has 0 atom stereocenters. The van der Waals surface area contributed by atoms with Gasteiger partial charge in [-0.1, -0.05) is 29.8 Å². The monoisotopic (exact) mass is 282 g/mol. The van der Waals surface area contributed by atoms with Crippen molar-refractivity contribution in [3.05, 3.63) is 39.8 Å². The molecule has 0 spiro atoms. The lowest BCUT2D eigenvalue weighted by Gasteiger charge is -2.07. The SMILES string of the molecule is COC(=O)c1[nH]c(=S)n(C)c1-c1ccccc1Cl. The average molecular weight is 283 g/mol. The fourth-order valence-corrected chi connectivity index (χ4v) is 2.16. The van der Waals surface area contributed by atoms with Crippen molar-refractivity contribution in [3.8, 4) is 11.3 Å². The second-order valence-corrected chi connectivity index (χ2v) is 4.48. The van der Waals surface area contributed by atoms with E-state index in [1.807, 2.05) is 18.2 Å². The van der Waals surface area contributed by atoms with Crippen molar-refractivity contribution in [2.45, 2.75) is 0 Å². The van der Waals surface area contributed by atoms with E-state index in [-0.39, 0.29) is 0 Å². The zero-order valence-electron chi connectivity index (χ0n) is 9.86. The van der Waals surface area contributed by atoms with Gasteiger partial charge in [-0.3, -0.25) is 0 Å². The van der Waals surface area contributed by atoms with Gasteiger partial charge in [0.05, 0.1) is 12.8 Å². The van der Waals surface area contributed by atoms with Crippen LogP contribution in [0.4, 0.5) is 0 Å². The lowest BCUT2D eigenvalue weighted by atomic mass is 10.1. The fourth-order valence-electron chi connectivity index (χ4n) is 1.74. The molecule has 0 aliphatic heterocycles. The molecule has 0 radical (unpaired) electrons. The molecule has 0 saturated carbocycles. The van der Waals surface area contributed by atoms with Crippen LogP contribution >= 0.6 is 23.8 Å². The van der Waals surface area contributed by atoms with Gasteiger partial charge in [0.15, 0.2) is 10.5 Å². The molecule has 0 aliphatic rings. The number of ether oxygens (including phenoxy) is 1. The number of carbonyl (C=O) groups excluding carboxylic acids is 1. The van der Waals surface area contributed by atoms with Gasteiger partial charge in [-0.25, -0.2) is 4.79 Å². The highest BCUT2D eigenvalue weighted by atomic mass is 35.5. The summed E-state index contributed by atoms with van der Waals surface area (Å²) in [6.45, 7) is 0. The quantitative estimate of drug-likeness (QED) is 0.680. The van der Waals surface area contributed by atoms with E-state index in [1.165, 1.54) is 7.11 Å². The minimum Gasteiger partial charge on any atom is -0.464 e. The second kappa shape index (κ2) is 4.96. The van der Waals surface area contributed by atoms with Crippen LogP contribution in [0.15, 0.2) is 24.3 Å². The highest BCUT2D eigenvalue weighted by Gasteiger charge is 2.20. The third-order valence-electron chi connectivity index (χ3n) is 2.63. The summed E-state index contributed by atoms with van der Waals surface area (Å²) in [5, 5.41) is 0.548. The van der Waals surface area contributed by atoms with Crippen molar-refractivity contribution < 1.29 is 9.53 Å². The van der Waals surface area contributed by atoms with Crippen LogP contribution in [-0.2, 0) is 11.8 Å². The summed E-state index contributed by atoms with van der Waals surface area (Å²) in [5.41, 5.74) is 1.66. The van der Waals surface area contributed by atoms with Crippen LogP contribution in [0.2, 0.25) is 5.02 Å². The number of benzene rings is 1. The van der Waals surface area contributed by atoms with Gasteiger partial charge >= 0.3 is 5.97 Å². The van der Waals surface area contributed by atoms with E-state index in [0.29, 0.717) is 21.2 Å². The Bertz CT molecular complexity index is 660. The van der Waals surface area contributed by atoms with E-state index in [0.717, 1.165) is 5.56 Å². The third-order valence-corrected chi connectivity index (χ3v) is 3.33. The number of imidazole rings is 1. The summed E-state index contributed by atoms with van der Waals surface area (Å²) in [7, 11) is 3.09. The normalized spacial score (nSPS) is 10.4. The first-order valence-corrected chi connectivity index (χ1v) is 5.97. The molecule has 1 aromatic heterocycles. The maximum Gasteiger partial charge on any atom is 0.356 e. The summed E-state index contributed by atoms with van der Waals surface area (Å²) < 4.78 is 6.87. The number of carbonyl (C=O) groups is 1. The Hall–Kier alpha value is -1.59. The van der Waals surface area contributed by atoms with Crippen LogP contribution in [0.5, 0.6) is 0 Å². The van der Waals surface area contributed by atoms with Crippen molar-refractivity contribution in [1.29, 1.82) is 0 Å². The molecule has 0 amide bonds. The first-order chi connectivity index (χ1) is 8.56. The molecule has 1 aromatic carbocycles. The smallest absolute Gasteiger partial charge is 0.356 e. The summed E-state index contributed by atoms with van der Waals surface area (Å²) >= 11 is 11.3. The van der Waals surface area contributed by atoms with Gasteiger partial charge in [-0.15, -0.1) is 0 Å². The molecule has 0 fully saturated rings. The standard InChI is InChI=1S/C12H11ClN2O2S/c1-15-10(7-5-3-4-6-8(7)13)9(11(16)17-2)14-12(15)18/h3-6H,1-2H3,(H,14,18). The Morgan fingerprint density at radius 2 is 2.11 bits per heavy atom. The molecular weight excluding hydrogens is 272 g/mol. The van der Waals surface area contributed by atoms with E-state index in [4.69, 9.17) is 28.6 Å². The van der Waals surface area contributed by atoms with Crippen LogP contribution in [0.3, 0.4) is 0 Å². The summed E-state index contributed by atoms with van der Waals surface area (Å²) in [6.07, 6.45) is 0. The van der Waals surface area contributed by atoms with Crippen LogP contribution in [0.25, 0.3) is 11.3 Å². The number of aromatic nitrogens is 2. The van der Waals surface area contributed by atoms with Crippen LogP contribution in [0.1, 0.15) is 10.5 Å². The molecule has 0 saturated heterocycles. The van der Waals surface area contributed by atoms with E-state index in [1.54, 1.807) is 17.7 Å². The zero-order valence-corrected chi connectivity index (χ0v) is 11.4. The maximum atomic E-state index is 11.7. The number of H-pyrrole nitrogens is 1. The van der Waals surface area contributed by atoms with Crippen molar-refractivity contribution in [2.24, 2.45) is 7.05 Å². The third kappa shape index (κ3) is 2.07. The summed E-state index contributed by atoms with van der Waals surface area (Å²) in [4.78, 5) is 14.6. The number of esters is 1. The van der Waals surface area contributed by atoms with Gasteiger partial charge in [0.25, 0.3) is 0 Å². The highest BCUT2D eigenvalue weighted by molar-refractivity contribution is 7.71.